The molecule has 1 saturated heterocycles. The van der Waals surface area contributed by atoms with E-state index in [0.717, 1.165) is 25.2 Å². The summed E-state index contributed by atoms with van der Waals surface area (Å²) in [5.41, 5.74) is 2.51. The first kappa shape index (κ1) is 23.0. The number of H-pyrrole nitrogens is 1. The molecule has 1 aliphatic rings. The molecule has 7 heteroatoms. The highest BCUT2D eigenvalue weighted by molar-refractivity contribution is 5.92. The second kappa shape index (κ2) is 10.6. The van der Waals surface area contributed by atoms with Gasteiger partial charge in [0.15, 0.2) is 0 Å². The van der Waals surface area contributed by atoms with Gasteiger partial charge in [0.05, 0.1) is 24.0 Å². The van der Waals surface area contributed by atoms with Gasteiger partial charge in [-0.3, -0.25) is 14.5 Å². The lowest BCUT2D eigenvalue weighted by Gasteiger charge is -2.29. The Balaban J connectivity index is 1.42. The van der Waals surface area contributed by atoms with Crippen molar-refractivity contribution in [2.75, 3.05) is 29.9 Å². The van der Waals surface area contributed by atoms with Gasteiger partial charge in [0.2, 0.25) is 5.91 Å². The van der Waals surface area contributed by atoms with Gasteiger partial charge >= 0.3 is 0 Å². The fourth-order valence-corrected chi connectivity index (χ4v) is 4.32. The van der Waals surface area contributed by atoms with Crippen molar-refractivity contribution >= 4 is 28.2 Å². The predicted molar refractivity (Wildman–Crippen MR) is 134 cm³/mol. The highest BCUT2D eigenvalue weighted by Gasteiger charge is 2.19. The van der Waals surface area contributed by atoms with E-state index in [1.807, 2.05) is 35.2 Å². The number of piperidine rings is 1. The fourth-order valence-electron chi connectivity index (χ4n) is 4.32. The molecule has 3 aromatic rings. The second-order valence-electron chi connectivity index (χ2n) is 8.83. The molecule has 2 N–H and O–H groups in total. The molecule has 1 aromatic heterocycles. The number of aromatic nitrogens is 2. The van der Waals surface area contributed by atoms with E-state index in [-0.39, 0.29) is 24.1 Å². The summed E-state index contributed by atoms with van der Waals surface area (Å²) in [5.74, 6) is 0.488. The quantitative estimate of drug-likeness (QED) is 0.542. The Morgan fingerprint density at radius 3 is 2.58 bits per heavy atom. The van der Waals surface area contributed by atoms with E-state index < -0.39 is 0 Å². The average Bonchev–Trinajstić information content (AvgIpc) is 2.84. The molecule has 1 fully saturated rings. The average molecular weight is 448 g/mol. The monoisotopic (exact) mass is 447 g/mol. The number of rotatable bonds is 8. The SMILES string of the molecule is CCC(C)N(CC(=O)Nc1ccc(N2CCCCC2)cc1)Cc1nc2ccccc2c(=O)[nH]1. The molecule has 33 heavy (non-hydrogen) atoms. The van der Waals surface area contributed by atoms with Crippen molar-refractivity contribution in [2.45, 2.75) is 52.1 Å². The minimum absolute atomic E-state index is 0.0795. The number of carbonyl (C=O) groups is 1. The molecule has 1 unspecified atom stereocenters. The van der Waals surface area contributed by atoms with Gasteiger partial charge < -0.3 is 15.2 Å². The van der Waals surface area contributed by atoms with Crippen molar-refractivity contribution in [3.8, 4) is 0 Å². The zero-order chi connectivity index (χ0) is 23.2. The van der Waals surface area contributed by atoms with Crippen LogP contribution in [0.5, 0.6) is 0 Å². The first-order chi connectivity index (χ1) is 16.0. The summed E-state index contributed by atoms with van der Waals surface area (Å²) in [6, 6.07) is 15.6. The van der Waals surface area contributed by atoms with Crippen LogP contribution in [-0.4, -0.2) is 46.5 Å². The molecule has 1 aliphatic heterocycles. The zero-order valence-electron chi connectivity index (χ0n) is 19.5. The zero-order valence-corrected chi connectivity index (χ0v) is 19.5. The van der Waals surface area contributed by atoms with Gasteiger partial charge in [0.1, 0.15) is 5.82 Å². The first-order valence-electron chi connectivity index (χ1n) is 11.9. The van der Waals surface area contributed by atoms with Gasteiger partial charge in [0, 0.05) is 30.5 Å². The van der Waals surface area contributed by atoms with Crippen LogP contribution in [0.4, 0.5) is 11.4 Å². The molecule has 1 amide bonds. The van der Waals surface area contributed by atoms with E-state index in [9.17, 15) is 9.59 Å². The standard InChI is InChI=1S/C26H33N5O2/c1-3-19(2)31(17-24-28-23-10-6-5-9-22(23)26(33)29-24)18-25(32)27-20-11-13-21(14-12-20)30-15-7-4-8-16-30/h5-6,9-14,19H,3-4,7-8,15-18H2,1-2H3,(H,27,32)(H,28,29,33). The third-order valence-electron chi connectivity index (χ3n) is 6.45. The van der Waals surface area contributed by atoms with Crippen LogP contribution in [0.1, 0.15) is 45.4 Å². The number of anilines is 2. The number of benzene rings is 2. The van der Waals surface area contributed by atoms with Crippen molar-refractivity contribution < 1.29 is 4.79 Å². The van der Waals surface area contributed by atoms with Crippen LogP contribution in [0.15, 0.2) is 53.3 Å². The maximum atomic E-state index is 12.8. The van der Waals surface area contributed by atoms with Crippen molar-refractivity contribution in [3.05, 3.63) is 64.7 Å². The topological polar surface area (TPSA) is 81.3 Å². The maximum absolute atomic E-state index is 12.8. The molecule has 4 rings (SSSR count). The van der Waals surface area contributed by atoms with Gasteiger partial charge in [-0.2, -0.15) is 0 Å². The number of aromatic amines is 1. The molecule has 2 heterocycles. The molecule has 174 valence electrons. The fraction of sp³-hybridized carbons (Fsp3) is 0.423. The Bertz CT molecular complexity index is 1140. The van der Waals surface area contributed by atoms with E-state index in [1.54, 1.807) is 6.07 Å². The Labute approximate surface area is 194 Å². The number of hydrogen-bond acceptors (Lipinski definition) is 5. The molecule has 0 aliphatic carbocycles. The molecule has 0 radical (unpaired) electrons. The third-order valence-corrected chi connectivity index (χ3v) is 6.45. The van der Waals surface area contributed by atoms with E-state index in [4.69, 9.17) is 0 Å². The summed E-state index contributed by atoms with van der Waals surface area (Å²) < 4.78 is 0. The van der Waals surface area contributed by atoms with Gasteiger partial charge in [0.25, 0.3) is 5.56 Å². The summed E-state index contributed by atoms with van der Waals surface area (Å²) in [7, 11) is 0. The molecular formula is C26H33N5O2. The first-order valence-corrected chi connectivity index (χ1v) is 11.9. The number of nitrogens with one attached hydrogen (secondary N) is 2. The molecule has 2 aromatic carbocycles. The van der Waals surface area contributed by atoms with Crippen LogP contribution in [0, 0.1) is 0 Å². The summed E-state index contributed by atoms with van der Waals surface area (Å²) in [5, 5.41) is 3.59. The minimum atomic E-state index is -0.155. The maximum Gasteiger partial charge on any atom is 0.258 e. The van der Waals surface area contributed by atoms with Gasteiger partial charge in [-0.1, -0.05) is 19.1 Å². The van der Waals surface area contributed by atoms with Crippen molar-refractivity contribution in [3.63, 3.8) is 0 Å². The van der Waals surface area contributed by atoms with E-state index >= 15 is 0 Å². The number of carbonyl (C=O) groups excluding carboxylic acids is 1. The van der Waals surface area contributed by atoms with Crippen molar-refractivity contribution in [2.24, 2.45) is 0 Å². The highest BCUT2D eigenvalue weighted by atomic mass is 16.2. The van der Waals surface area contributed by atoms with E-state index in [1.165, 1.54) is 24.9 Å². The Morgan fingerprint density at radius 1 is 1.12 bits per heavy atom. The van der Waals surface area contributed by atoms with Crippen molar-refractivity contribution in [1.29, 1.82) is 0 Å². The van der Waals surface area contributed by atoms with Gasteiger partial charge in [-0.05, 0) is 69.0 Å². The molecule has 0 spiro atoms. The molecule has 0 bridgehead atoms. The predicted octanol–water partition coefficient (Wildman–Crippen LogP) is 4.15. The normalized spacial score (nSPS) is 15.1. The van der Waals surface area contributed by atoms with E-state index in [0.29, 0.717) is 23.3 Å². The smallest absolute Gasteiger partial charge is 0.258 e. The van der Waals surface area contributed by atoms with Gasteiger partial charge in [-0.15, -0.1) is 0 Å². The number of hydrogen-bond donors (Lipinski definition) is 2. The molecule has 0 saturated carbocycles. The lowest BCUT2D eigenvalue weighted by atomic mass is 10.1. The number of para-hydroxylation sites is 1. The van der Waals surface area contributed by atoms with Crippen LogP contribution in [-0.2, 0) is 11.3 Å². The van der Waals surface area contributed by atoms with Crippen LogP contribution in [0.25, 0.3) is 10.9 Å². The second-order valence-corrected chi connectivity index (χ2v) is 8.83. The van der Waals surface area contributed by atoms with Crippen LogP contribution >= 0.6 is 0 Å². The number of amides is 1. The summed E-state index contributed by atoms with van der Waals surface area (Å²) >= 11 is 0. The lowest BCUT2D eigenvalue weighted by molar-refractivity contribution is -0.118. The largest absolute Gasteiger partial charge is 0.372 e. The Kier molecular flexibility index (Phi) is 7.40. The number of nitrogens with zero attached hydrogens (tertiary/aromatic N) is 3. The summed E-state index contributed by atoms with van der Waals surface area (Å²) in [6.45, 7) is 6.99. The minimum Gasteiger partial charge on any atom is -0.372 e. The third kappa shape index (κ3) is 5.79. The summed E-state index contributed by atoms with van der Waals surface area (Å²) in [6.07, 6.45) is 4.66. The lowest BCUT2D eigenvalue weighted by Crippen LogP contribution is -2.39. The van der Waals surface area contributed by atoms with Crippen LogP contribution in [0.3, 0.4) is 0 Å². The van der Waals surface area contributed by atoms with Crippen LogP contribution < -0.4 is 15.8 Å². The highest BCUT2D eigenvalue weighted by Crippen LogP contribution is 2.22. The summed E-state index contributed by atoms with van der Waals surface area (Å²) in [4.78, 5) is 37.2. The van der Waals surface area contributed by atoms with Crippen molar-refractivity contribution in [1.82, 2.24) is 14.9 Å². The molecule has 1 atom stereocenters. The Morgan fingerprint density at radius 2 is 1.85 bits per heavy atom. The van der Waals surface area contributed by atoms with E-state index in [2.05, 4.69) is 46.2 Å². The molecule has 7 nitrogen and oxygen atoms in total. The van der Waals surface area contributed by atoms with Gasteiger partial charge in [-0.25, -0.2) is 4.98 Å². The Hall–Kier alpha value is -3.19. The number of fused-ring (bicyclic) bond motifs is 1. The van der Waals surface area contributed by atoms with Crippen LogP contribution in [0.2, 0.25) is 0 Å². The molecular weight excluding hydrogens is 414 g/mol.